The van der Waals surface area contributed by atoms with Gasteiger partial charge in [0.15, 0.2) is 0 Å². The maximum absolute atomic E-state index is 12.9. The number of thioether (sulfide) groups is 2. The molecule has 3 saturated carbocycles. The third-order valence-electron chi connectivity index (χ3n) is 10.8. The standard InChI is InChI=1S/C34H58O2S2/c1-4-6-7-9-27-12-16-29(17-13-27)30-20-14-28(15-21-30)22-36-33(35)25(3)34-37-23-32(24-38-34)31-18-10-26(8-5-2)11-19-31/h26-32H,4-24H2,1-3H3. The molecule has 2 nitrogen and oxygen atoms in total. The van der Waals surface area contributed by atoms with Gasteiger partial charge in [0.25, 0.3) is 0 Å². The van der Waals surface area contributed by atoms with Gasteiger partial charge in [0.2, 0.25) is 0 Å². The van der Waals surface area contributed by atoms with E-state index in [1.165, 1.54) is 131 Å². The second-order valence-corrected chi connectivity index (χ2v) is 15.8. The summed E-state index contributed by atoms with van der Waals surface area (Å²) in [6, 6.07) is 0. The lowest BCUT2D eigenvalue weighted by Gasteiger charge is -2.38. The van der Waals surface area contributed by atoms with Crippen LogP contribution in [0.4, 0.5) is 0 Å². The summed E-state index contributed by atoms with van der Waals surface area (Å²) in [7, 11) is 0. The summed E-state index contributed by atoms with van der Waals surface area (Å²) in [5.74, 6) is 8.57. The molecule has 4 rings (SSSR count). The van der Waals surface area contributed by atoms with E-state index in [4.69, 9.17) is 4.74 Å². The van der Waals surface area contributed by atoms with Crippen molar-refractivity contribution in [3.8, 4) is 0 Å². The highest BCUT2D eigenvalue weighted by Gasteiger charge is 2.33. The van der Waals surface area contributed by atoms with Gasteiger partial charge in [0.05, 0.1) is 16.4 Å². The molecular weight excluding hydrogens is 505 g/mol. The smallest absolute Gasteiger partial charge is 0.335 e. The van der Waals surface area contributed by atoms with E-state index in [0.717, 1.165) is 41.1 Å². The fourth-order valence-electron chi connectivity index (χ4n) is 8.14. The lowest BCUT2D eigenvalue weighted by molar-refractivity contribution is -0.140. The van der Waals surface area contributed by atoms with Crippen molar-refractivity contribution < 1.29 is 9.53 Å². The van der Waals surface area contributed by atoms with Crippen LogP contribution >= 0.6 is 23.5 Å². The number of hydrogen-bond acceptors (Lipinski definition) is 4. The Bertz CT molecular complexity index is 715. The van der Waals surface area contributed by atoms with Gasteiger partial charge in [-0.1, -0.05) is 78.1 Å². The van der Waals surface area contributed by atoms with Gasteiger partial charge in [0.1, 0.15) is 0 Å². The van der Waals surface area contributed by atoms with E-state index in [9.17, 15) is 4.79 Å². The van der Waals surface area contributed by atoms with Crippen LogP contribution in [0.25, 0.3) is 0 Å². The fourth-order valence-corrected chi connectivity index (χ4v) is 11.1. The molecule has 0 radical (unpaired) electrons. The number of hydrogen-bond donors (Lipinski definition) is 0. The van der Waals surface area contributed by atoms with Crippen molar-refractivity contribution in [1.29, 1.82) is 0 Å². The lowest BCUT2D eigenvalue weighted by atomic mass is 9.69. The third-order valence-corrected chi connectivity index (χ3v) is 13.9. The first-order chi connectivity index (χ1) is 18.6. The molecule has 0 aromatic heterocycles. The topological polar surface area (TPSA) is 26.3 Å². The van der Waals surface area contributed by atoms with E-state index in [0.29, 0.717) is 12.5 Å². The predicted molar refractivity (Wildman–Crippen MR) is 167 cm³/mol. The Labute approximate surface area is 244 Å². The first-order valence-electron chi connectivity index (χ1n) is 16.7. The highest BCUT2D eigenvalue weighted by Crippen LogP contribution is 2.46. The summed E-state index contributed by atoms with van der Waals surface area (Å²) >= 11 is 3.87. The van der Waals surface area contributed by atoms with E-state index in [-0.39, 0.29) is 5.97 Å². The zero-order valence-electron chi connectivity index (χ0n) is 25.0. The average Bonchev–Trinajstić information content (AvgIpc) is 2.97. The van der Waals surface area contributed by atoms with Crippen LogP contribution in [0.1, 0.15) is 136 Å². The molecule has 0 atom stereocenters. The van der Waals surface area contributed by atoms with Crippen molar-refractivity contribution in [2.24, 2.45) is 41.4 Å². The molecule has 3 aliphatic carbocycles. The summed E-state index contributed by atoms with van der Waals surface area (Å²) in [5.41, 5.74) is 0.870. The molecule has 0 spiro atoms. The zero-order chi connectivity index (χ0) is 26.7. The molecule has 1 saturated heterocycles. The maximum Gasteiger partial charge on any atom is 0.335 e. The predicted octanol–water partition coefficient (Wildman–Crippen LogP) is 10.7. The molecule has 0 N–H and O–H groups in total. The molecule has 0 unspecified atom stereocenters. The van der Waals surface area contributed by atoms with E-state index in [1.54, 1.807) is 0 Å². The van der Waals surface area contributed by atoms with Crippen LogP contribution in [-0.2, 0) is 9.53 Å². The lowest BCUT2D eigenvalue weighted by Crippen LogP contribution is -2.28. The Hall–Kier alpha value is -0.0900. The third kappa shape index (κ3) is 9.22. The Balaban J connectivity index is 1.10. The van der Waals surface area contributed by atoms with E-state index in [2.05, 4.69) is 13.8 Å². The number of ether oxygens (including phenoxy) is 1. The second kappa shape index (κ2) is 16.4. The van der Waals surface area contributed by atoms with Gasteiger partial charge in [-0.2, -0.15) is 0 Å². The normalized spacial score (nSPS) is 34.6. The second-order valence-electron chi connectivity index (χ2n) is 13.5. The van der Waals surface area contributed by atoms with Crippen molar-refractivity contribution in [1.82, 2.24) is 0 Å². The number of esters is 1. The summed E-state index contributed by atoms with van der Waals surface area (Å²) in [6.07, 6.45) is 25.4. The number of rotatable bonds is 11. The average molecular weight is 563 g/mol. The Morgan fingerprint density at radius 1 is 0.658 bits per heavy atom. The molecule has 218 valence electrons. The van der Waals surface area contributed by atoms with E-state index < -0.39 is 0 Å². The monoisotopic (exact) mass is 562 g/mol. The highest BCUT2D eigenvalue weighted by molar-refractivity contribution is 8.22. The summed E-state index contributed by atoms with van der Waals surface area (Å²) in [6.45, 7) is 7.28. The van der Waals surface area contributed by atoms with Crippen molar-refractivity contribution in [2.75, 3.05) is 18.1 Å². The highest BCUT2D eigenvalue weighted by atomic mass is 32.2. The minimum Gasteiger partial charge on any atom is -0.462 e. The molecule has 0 aromatic rings. The van der Waals surface area contributed by atoms with Crippen LogP contribution in [-0.4, -0.2) is 24.1 Å². The number of unbranched alkanes of at least 4 members (excludes halogenated alkanes) is 2. The quantitative estimate of drug-likeness (QED) is 0.142. The van der Waals surface area contributed by atoms with Crippen molar-refractivity contribution in [2.45, 2.75) is 136 Å². The van der Waals surface area contributed by atoms with Crippen LogP contribution in [0.2, 0.25) is 0 Å². The summed E-state index contributed by atoms with van der Waals surface area (Å²) in [5, 5.41) is 0. The molecule has 1 heterocycles. The SMILES string of the molecule is CCCCCC1CCC(C2CCC(COC(=O)C(C)=C3SCC(C4CCC(CCC)CC4)CS3)CC2)CC1. The zero-order valence-corrected chi connectivity index (χ0v) is 26.7. The minimum absolute atomic E-state index is 0.0537. The molecule has 1 aliphatic heterocycles. The van der Waals surface area contributed by atoms with Crippen LogP contribution in [0.5, 0.6) is 0 Å². The molecular formula is C34H58O2S2. The Morgan fingerprint density at radius 3 is 1.68 bits per heavy atom. The van der Waals surface area contributed by atoms with Gasteiger partial charge in [0, 0.05) is 11.5 Å². The summed E-state index contributed by atoms with van der Waals surface area (Å²) < 4.78 is 7.13. The van der Waals surface area contributed by atoms with E-state index >= 15 is 0 Å². The first kappa shape index (κ1) is 30.9. The molecule has 0 bridgehead atoms. The Morgan fingerprint density at radius 2 is 1.16 bits per heavy atom. The molecule has 4 heteroatoms. The number of carbonyl (C=O) groups is 1. The molecule has 4 fully saturated rings. The van der Waals surface area contributed by atoms with Crippen molar-refractivity contribution in [3.05, 3.63) is 9.81 Å². The fraction of sp³-hybridized carbons (Fsp3) is 0.912. The minimum atomic E-state index is -0.0537. The Kier molecular flexibility index (Phi) is 13.3. The molecule has 0 amide bonds. The van der Waals surface area contributed by atoms with Gasteiger partial charge < -0.3 is 4.74 Å². The van der Waals surface area contributed by atoms with Gasteiger partial charge in [-0.3, -0.25) is 0 Å². The van der Waals surface area contributed by atoms with Gasteiger partial charge >= 0.3 is 5.97 Å². The molecule has 4 aliphatic rings. The van der Waals surface area contributed by atoms with Gasteiger partial charge in [-0.15, -0.1) is 23.5 Å². The molecule has 0 aromatic carbocycles. The first-order valence-corrected chi connectivity index (χ1v) is 18.7. The maximum atomic E-state index is 12.9. The van der Waals surface area contributed by atoms with Gasteiger partial charge in [-0.05, 0) is 99.7 Å². The largest absolute Gasteiger partial charge is 0.462 e. The summed E-state index contributed by atoms with van der Waals surface area (Å²) in [4.78, 5) is 12.9. The molecule has 38 heavy (non-hydrogen) atoms. The van der Waals surface area contributed by atoms with Crippen LogP contribution < -0.4 is 0 Å². The van der Waals surface area contributed by atoms with Gasteiger partial charge in [-0.25, -0.2) is 4.79 Å². The van der Waals surface area contributed by atoms with E-state index in [1.807, 2.05) is 30.4 Å². The van der Waals surface area contributed by atoms with Crippen LogP contribution in [0, 0.1) is 41.4 Å². The van der Waals surface area contributed by atoms with Crippen molar-refractivity contribution in [3.63, 3.8) is 0 Å². The number of carbonyl (C=O) groups excluding carboxylic acids is 1. The van der Waals surface area contributed by atoms with Crippen LogP contribution in [0.3, 0.4) is 0 Å². The van der Waals surface area contributed by atoms with Crippen LogP contribution in [0.15, 0.2) is 9.81 Å². The van der Waals surface area contributed by atoms with Crippen molar-refractivity contribution >= 4 is 29.5 Å².